The number of benzene rings is 2. The van der Waals surface area contributed by atoms with Crippen molar-refractivity contribution in [3.63, 3.8) is 0 Å². The summed E-state index contributed by atoms with van der Waals surface area (Å²) < 4.78 is 0. The zero-order valence-corrected chi connectivity index (χ0v) is 15.4. The minimum Gasteiger partial charge on any atom is -0.368 e. The van der Waals surface area contributed by atoms with Crippen LogP contribution < -0.4 is 10.2 Å². The number of carbonyl (C=O) groups is 2. The lowest BCUT2D eigenvalue weighted by molar-refractivity contribution is -0.131. The van der Waals surface area contributed by atoms with Crippen LogP contribution in [-0.2, 0) is 9.59 Å². The highest BCUT2D eigenvalue weighted by molar-refractivity contribution is 5.92. The minimum atomic E-state index is -0.180. The number of anilines is 1. The standard InChI is InChI=1S/C22H25N3O2/c26-21(12-11-19-7-3-1-4-8-19)23-14-13-22(27)25-17-15-24(16-18-25)20-9-5-2-6-10-20/h1-12H,13-18H2,(H,23,26)/b12-11+. The van der Waals surface area contributed by atoms with E-state index in [1.165, 1.54) is 11.8 Å². The number of para-hydroxylation sites is 1. The molecule has 140 valence electrons. The second kappa shape index (κ2) is 9.57. The molecule has 1 aliphatic rings. The lowest BCUT2D eigenvalue weighted by Crippen LogP contribution is -2.49. The van der Waals surface area contributed by atoms with E-state index in [9.17, 15) is 9.59 Å². The topological polar surface area (TPSA) is 52.7 Å². The number of amides is 2. The van der Waals surface area contributed by atoms with Gasteiger partial charge in [0, 0.05) is 50.9 Å². The summed E-state index contributed by atoms with van der Waals surface area (Å²) >= 11 is 0. The average Bonchev–Trinajstić information content (AvgIpc) is 2.74. The summed E-state index contributed by atoms with van der Waals surface area (Å²) in [6.45, 7) is 3.46. The van der Waals surface area contributed by atoms with E-state index in [-0.39, 0.29) is 11.8 Å². The molecule has 1 aliphatic heterocycles. The Morgan fingerprint density at radius 1 is 0.889 bits per heavy atom. The van der Waals surface area contributed by atoms with Gasteiger partial charge >= 0.3 is 0 Å². The Labute approximate surface area is 160 Å². The maximum Gasteiger partial charge on any atom is 0.244 e. The fourth-order valence-corrected chi connectivity index (χ4v) is 3.10. The maximum atomic E-state index is 12.3. The van der Waals surface area contributed by atoms with Gasteiger partial charge in [0.25, 0.3) is 0 Å². The van der Waals surface area contributed by atoms with Crippen molar-refractivity contribution in [3.05, 3.63) is 72.3 Å². The molecule has 1 N–H and O–H groups in total. The summed E-state index contributed by atoms with van der Waals surface area (Å²) in [7, 11) is 0. The van der Waals surface area contributed by atoms with Crippen LogP contribution in [0.2, 0.25) is 0 Å². The van der Waals surface area contributed by atoms with Crippen molar-refractivity contribution in [3.8, 4) is 0 Å². The van der Waals surface area contributed by atoms with Gasteiger partial charge in [-0.25, -0.2) is 0 Å². The number of nitrogens with one attached hydrogen (secondary N) is 1. The van der Waals surface area contributed by atoms with Crippen molar-refractivity contribution in [2.45, 2.75) is 6.42 Å². The quantitative estimate of drug-likeness (QED) is 0.803. The molecule has 2 aromatic carbocycles. The molecule has 2 amide bonds. The van der Waals surface area contributed by atoms with E-state index >= 15 is 0 Å². The van der Waals surface area contributed by atoms with Crippen molar-refractivity contribution in [1.29, 1.82) is 0 Å². The van der Waals surface area contributed by atoms with Crippen LogP contribution in [0, 0.1) is 0 Å². The molecule has 1 fully saturated rings. The molecule has 3 rings (SSSR count). The molecule has 0 unspecified atom stereocenters. The van der Waals surface area contributed by atoms with Crippen LogP contribution >= 0.6 is 0 Å². The van der Waals surface area contributed by atoms with E-state index in [0.29, 0.717) is 13.0 Å². The van der Waals surface area contributed by atoms with E-state index in [4.69, 9.17) is 0 Å². The molecular weight excluding hydrogens is 338 g/mol. The van der Waals surface area contributed by atoms with Gasteiger partial charge in [0.15, 0.2) is 0 Å². The predicted octanol–water partition coefficient (Wildman–Crippen LogP) is 2.55. The first-order valence-corrected chi connectivity index (χ1v) is 9.31. The molecule has 5 heteroatoms. The summed E-state index contributed by atoms with van der Waals surface area (Å²) in [5.41, 5.74) is 2.17. The third-order valence-electron chi connectivity index (χ3n) is 4.62. The smallest absolute Gasteiger partial charge is 0.244 e. The van der Waals surface area contributed by atoms with Gasteiger partial charge in [-0.2, -0.15) is 0 Å². The Morgan fingerprint density at radius 3 is 2.19 bits per heavy atom. The first-order chi connectivity index (χ1) is 13.2. The van der Waals surface area contributed by atoms with E-state index in [1.807, 2.05) is 53.4 Å². The van der Waals surface area contributed by atoms with Gasteiger partial charge in [0.1, 0.15) is 0 Å². The molecule has 0 aliphatic carbocycles. The zero-order valence-electron chi connectivity index (χ0n) is 15.4. The van der Waals surface area contributed by atoms with Crippen molar-refractivity contribution in [2.75, 3.05) is 37.6 Å². The first kappa shape index (κ1) is 18.7. The molecule has 0 saturated carbocycles. The minimum absolute atomic E-state index is 0.0926. The summed E-state index contributed by atoms with van der Waals surface area (Å²) in [6, 6.07) is 19.9. The van der Waals surface area contributed by atoms with Crippen LogP contribution in [-0.4, -0.2) is 49.4 Å². The van der Waals surface area contributed by atoms with Crippen LogP contribution in [0.5, 0.6) is 0 Å². The Balaban J connectivity index is 1.36. The Hall–Kier alpha value is -3.08. The van der Waals surface area contributed by atoms with Crippen LogP contribution in [0.25, 0.3) is 6.08 Å². The highest BCUT2D eigenvalue weighted by atomic mass is 16.2. The number of nitrogens with zero attached hydrogens (tertiary/aromatic N) is 2. The van der Waals surface area contributed by atoms with Crippen molar-refractivity contribution in [1.82, 2.24) is 10.2 Å². The lowest BCUT2D eigenvalue weighted by Gasteiger charge is -2.36. The number of rotatable bonds is 6. The molecule has 0 radical (unpaired) electrons. The number of piperazine rings is 1. The summed E-state index contributed by atoms with van der Waals surface area (Å²) in [4.78, 5) is 28.4. The van der Waals surface area contributed by atoms with Gasteiger partial charge in [-0.3, -0.25) is 9.59 Å². The Kier molecular flexibility index (Phi) is 6.63. The Morgan fingerprint density at radius 2 is 1.52 bits per heavy atom. The third-order valence-corrected chi connectivity index (χ3v) is 4.62. The van der Waals surface area contributed by atoms with Crippen molar-refractivity contribution in [2.24, 2.45) is 0 Å². The van der Waals surface area contributed by atoms with Gasteiger partial charge in [-0.1, -0.05) is 48.5 Å². The SMILES string of the molecule is O=C(/C=C/c1ccccc1)NCCC(=O)N1CCN(c2ccccc2)CC1. The third kappa shape index (κ3) is 5.71. The van der Waals surface area contributed by atoms with Crippen LogP contribution in [0.4, 0.5) is 5.69 Å². The van der Waals surface area contributed by atoms with Gasteiger partial charge < -0.3 is 15.1 Å². The summed E-state index contributed by atoms with van der Waals surface area (Å²) in [6.07, 6.45) is 3.59. The highest BCUT2D eigenvalue weighted by Crippen LogP contribution is 2.15. The summed E-state index contributed by atoms with van der Waals surface area (Å²) in [5.74, 6) is -0.0874. The molecule has 1 saturated heterocycles. The molecule has 0 spiro atoms. The molecule has 27 heavy (non-hydrogen) atoms. The maximum absolute atomic E-state index is 12.3. The average molecular weight is 363 g/mol. The molecule has 0 aromatic heterocycles. The van der Waals surface area contributed by atoms with Gasteiger partial charge in [0.2, 0.25) is 11.8 Å². The number of hydrogen-bond donors (Lipinski definition) is 1. The second-order valence-corrected chi connectivity index (χ2v) is 6.49. The van der Waals surface area contributed by atoms with Crippen LogP contribution in [0.1, 0.15) is 12.0 Å². The molecule has 5 nitrogen and oxygen atoms in total. The number of carbonyl (C=O) groups excluding carboxylic acids is 2. The van der Waals surface area contributed by atoms with Gasteiger partial charge in [-0.05, 0) is 23.8 Å². The molecule has 2 aromatic rings. The van der Waals surface area contributed by atoms with E-state index in [2.05, 4.69) is 22.3 Å². The molecule has 0 bridgehead atoms. The predicted molar refractivity (Wildman–Crippen MR) is 108 cm³/mol. The van der Waals surface area contributed by atoms with Gasteiger partial charge in [-0.15, -0.1) is 0 Å². The second-order valence-electron chi connectivity index (χ2n) is 6.49. The van der Waals surface area contributed by atoms with E-state index in [1.54, 1.807) is 6.08 Å². The summed E-state index contributed by atoms with van der Waals surface area (Å²) in [5, 5.41) is 2.77. The normalized spacial score (nSPS) is 14.4. The molecule has 1 heterocycles. The number of hydrogen-bond acceptors (Lipinski definition) is 3. The van der Waals surface area contributed by atoms with Gasteiger partial charge in [0.05, 0.1) is 0 Å². The molecular formula is C22H25N3O2. The van der Waals surface area contributed by atoms with Crippen molar-refractivity contribution >= 4 is 23.6 Å². The monoisotopic (exact) mass is 363 g/mol. The highest BCUT2D eigenvalue weighted by Gasteiger charge is 2.20. The Bertz CT molecular complexity index is 767. The molecule has 0 atom stereocenters. The fraction of sp³-hybridized carbons (Fsp3) is 0.273. The van der Waals surface area contributed by atoms with Crippen molar-refractivity contribution < 1.29 is 9.59 Å². The first-order valence-electron chi connectivity index (χ1n) is 9.31. The largest absolute Gasteiger partial charge is 0.368 e. The zero-order chi connectivity index (χ0) is 18.9. The van der Waals surface area contributed by atoms with E-state index in [0.717, 1.165) is 31.7 Å². The van der Waals surface area contributed by atoms with Crippen LogP contribution in [0.3, 0.4) is 0 Å². The fourth-order valence-electron chi connectivity index (χ4n) is 3.10. The van der Waals surface area contributed by atoms with E-state index < -0.39 is 0 Å². The lowest BCUT2D eigenvalue weighted by atomic mass is 10.2. The van der Waals surface area contributed by atoms with Crippen LogP contribution in [0.15, 0.2) is 66.7 Å².